The molecule has 5 heteroatoms. The predicted molar refractivity (Wildman–Crippen MR) is 57.0 cm³/mol. The number of methoxy groups -OCH3 is 1. The first-order chi connectivity index (χ1) is 7.26. The first-order valence-corrected chi connectivity index (χ1v) is 5.04. The van der Waals surface area contributed by atoms with Gasteiger partial charge in [0.05, 0.1) is 18.7 Å². The first kappa shape index (κ1) is 11.6. The zero-order valence-corrected chi connectivity index (χ0v) is 9.00. The van der Waals surface area contributed by atoms with Crippen LogP contribution in [0.4, 0.5) is 0 Å². The summed E-state index contributed by atoms with van der Waals surface area (Å²) in [5.74, 6) is -0.309. The molecule has 1 aromatic rings. The zero-order valence-electron chi connectivity index (χ0n) is 8.19. The van der Waals surface area contributed by atoms with Gasteiger partial charge in [0.2, 0.25) is 0 Å². The van der Waals surface area contributed by atoms with Gasteiger partial charge in [0.1, 0.15) is 6.54 Å². The minimum absolute atomic E-state index is 0.154. The van der Waals surface area contributed by atoms with Crippen LogP contribution in [0.15, 0.2) is 29.2 Å². The Bertz CT molecular complexity index is 370. The number of carbonyl (C=O) groups is 1. The molecule has 0 aliphatic rings. The number of carbonyl (C=O) groups excluding carboxylic acids is 1. The Morgan fingerprint density at radius 2 is 2.20 bits per heavy atom. The van der Waals surface area contributed by atoms with Crippen LogP contribution in [-0.2, 0) is 9.53 Å². The monoisotopic (exact) mass is 222 g/mol. The summed E-state index contributed by atoms with van der Waals surface area (Å²) < 4.78 is 7.32. The molecule has 0 aliphatic carbocycles. The summed E-state index contributed by atoms with van der Waals surface area (Å²) in [6, 6.07) is 9.11. The van der Waals surface area contributed by atoms with Gasteiger partial charge in [0.15, 0.2) is 0 Å². The summed E-state index contributed by atoms with van der Waals surface area (Å²) in [6.07, 6.45) is 0. The average Bonchev–Trinajstić information content (AvgIpc) is 2.29. The third-order valence-corrected chi connectivity index (χ3v) is 2.41. The van der Waals surface area contributed by atoms with Crippen molar-refractivity contribution in [2.75, 3.05) is 13.7 Å². The lowest BCUT2D eigenvalue weighted by Gasteiger charge is -2.02. The SMILES string of the molecule is COC(=O)CNSc1ccc(C#N)cc1. The maximum Gasteiger partial charge on any atom is 0.320 e. The Hall–Kier alpha value is -1.51. The molecule has 0 bridgehead atoms. The molecule has 0 aliphatic heterocycles. The van der Waals surface area contributed by atoms with Crippen molar-refractivity contribution in [3.63, 3.8) is 0 Å². The molecule has 0 saturated carbocycles. The molecule has 1 N–H and O–H groups in total. The Kier molecular flexibility index (Phi) is 4.68. The van der Waals surface area contributed by atoms with E-state index in [2.05, 4.69) is 9.46 Å². The van der Waals surface area contributed by atoms with Gasteiger partial charge in [-0.25, -0.2) is 4.72 Å². The molecule has 0 fully saturated rings. The molecule has 1 rings (SSSR count). The largest absolute Gasteiger partial charge is 0.468 e. The molecule has 0 radical (unpaired) electrons. The quantitative estimate of drug-likeness (QED) is 0.615. The molecule has 4 nitrogen and oxygen atoms in total. The second-order valence-corrected chi connectivity index (χ2v) is 3.60. The standard InChI is InChI=1S/C10H10N2O2S/c1-14-10(13)7-12-15-9-4-2-8(6-11)3-5-9/h2-5,12H,7H2,1H3. The van der Waals surface area contributed by atoms with Gasteiger partial charge in [0.25, 0.3) is 0 Å². The van der Waals surface area contributed by atoms with Crippen LogP contribution in [0.1, 0.15) is 5.56 Å². The summed E-state index contributed by atoms with van der Waals surface area (Å²) >= 11 is 1.32. The molecule has 0 unspecified atom stereocenters. The van der Waals surface area contributed by atoms with Gasteiger partial charge in [-0.3, -0.25) is 4.79 Å². The lowest BCUT2D eigenvalue weighted by atomic mass is 10.2. The number of nitriles is 1. The third kappa shape index (κ3) is 4.02. The first-order valence-electron chi connectivity index (χ1n) is 4.23. The number of ether oxygens (including phenoxy) is 1. The fourth-order valence-corrected chi connectivity index (χ4v) is 1.48. The molecule has 0 saturated heterocycles. The Labute approximate surface area is 92.4 Å². The number of rotatable bonds is 4. The number of hydrogen-bond donors (Lipinski definition) is 1. The molecule has 0 aromatic heterocycles. The van der Waals surface area contributed by atoms with Gasteiger partial charge in [-0.2, -0.15) is 5.26 Å². The van der Waals surface area contributed by atoms with E-state index in [-0.39, 0.29) is 12.5 Å². The Balaban J connectivity index is 2.38. The van der Waals surface area contributed by atoms with E-state index in [0.29, 0.717) is 5.56 Å². The fourth-order valence-electron chi connectivity index (χ4n) is 0.848. The van der Waals surface area contributed by atoms with Crippen molar-refractivity contribution >= 4 is 17.9 Å². The molecule has 0 atom stereocenters. The van der Waals surface area contributed by atoms with Crippen LogP contribution in [0.2, 0.25) is 0 Å². The van der Waals surface area contributed by atoms with Crippen molar-refractivity contribution in [1.82, 2.24) is 4.72 Å². The maximum atomic E-state index is 10.8. The van der Waals surface area contributed by atoms with Gasteiger partial charge in [-0.05, 0) is 36.2 Å². The summed E-state index contributed by atoms with van der Waals surface area (Å²) in [5, 5.41) is 8.58. The van der Waals surface area contributed by atoms with Crippen molar-refractivity contribution in [3.8, 4) is 6.07 Å². The van der Waals surface area contributed by atoms with E-state index in [1.54, 1.807) is 12.1 Å². The summed E-state index contributed by atoms with van der Waals surface area (Å²) in [5.41, 5.74) is 0.618. The minimum atomic E-state index is -0.309. The highest BCUT2D eigenvalue weighted by molar-refractivity contribution is 7.97. The highest BCUT2D eigenvalue weighted by atomic mass is 32.2. The van der Waals surface area contributed by atoms with E-state index in [0.717, 1.165) is 4.90 Å². The topological polar surface area (TPSA) is 62.1 Å². The Morgan fingerprint density at radius 1 is 1.53 bits per heavy atom. The highest BCUT2D eigenvalue weighted by Gasteiger charge is 1.99. The molecule has 0 heterocycles. The summed E-state index contributed by atoms with van der Waals surface area (Å²) in [7, 11) is 1.34. The van der Waals surface area contributed by atoms with E-state index in [9.17, 15) is 4.79 Å². The van der Waals surface area contributed by atoms with Crippen LogP contribution in [0.25, 0.3) is 0 Å². The second kappa shape index (κ2) is 6.06. The minimum Gasteiger partial charge on any atom is -0.468 e. The number of nitrogens with one attached hydrogen (secondary N) is 1. The average molecular weight is 222 g/mol. The molecule has 0 spiro atoms. The van der Waals surface area contributed by atoms with E-state index in [1.807, 2.05) is 18.2 Å². The van der Waals surface area contributed by atoms with E-state index >= 15 is 0 Å². The van der Waals surface area contributed by atoms with Crippen LogP contribution in [0.3, 0.4) is 0 Å². The normalized spacial score (nSPS) is 9.33. The number of benzene rings is 1. The van der Waals surface area contributed by atoms with Gasteiger partial charge < -0.3 is 4.74 Å². The molecule has 15 heavy (non-hydrogen) atoms. The second-order valence-electron chi connectivity index (χ2n) is 2.64. The fraction of sp³-hybridized carbons (Fsp3) is 0.200. The maximum absolute atomic E-state index is 10.8. The van der Waals surface area contributed by atoms with Crippen molar-refractivity contribution in [2.24, 2.45) is 0 Å². The smallest absolute Gasteiger partial charge is 0.320 e. The number of hydrogen-bond acceptors (Lipinski definition) is 5. The number of esters is 1. The van der Waals surface area contributed by atoms with Gasteiger partial charge in [-0.15, -0.1) is 0 Å². The summed E-state index contributed by atoms with van der Waals surface area (Å²) in [4.78, 5) is 11.7. The molecule has 1 aromatic carbocycles. The van der Waals surface area contributed by atoms with Crippen molar-refractivity contribution < 1.29 is 9.53 Å². The van der Waals surface area contributed by atoms with Crippen LogP contribution in [-0.4, -0.2) is 19.6 Å². The number of nitrogens with zero attached hydrogens (tertiary/aromatic N) is 1. The zero-order chi connectivity index (χ0) is 11.1. The van der Waals surface area contributed by atoms with Gasteiger partial charge in [0, 0.05) is 4.90 Å². The van der Waals surface area contributed by atoms with Crippen molar-refractivity contribution in [2.45, 2.75) is 4.90 Å². The van der Waals surface area contributed by atoms with Crippen molar-refractivity contribution in [3.05, 3.63) is 29.8 Å². The van der Waals surface area contributed by atoms with Crippen LogP contribution in [0, 0.1) is 11.3 Å². The van der Waals surface area contributed by atoms with Crippen LogP contribution < -0.4 is 4.72 Å². The lowest BCUT2D eigenvalue weighted by Crippen LogP contribution is -2.17. The van der Waals surface area contributed by atoms with Gasteiger partial charge in [-0.1, -0.05) is 0 Å². The Morgan fingerprint density at radius 3 is 2.73 bits per heavy atom. The predicted octanol–water partition coefficient (Wildman–Crippen LogP) is 1.33. The van der Waals surface area contributed by atoms with Gasteiger partial charge >= 0.3 is 5.97 Å². The van der Waals surface area contributed by atoms with E-state index < -0.39 is 0 Å². The van der Waals surface area contributed by atoms with Crippen molar-refractivity contribution in [1.29, 1.82) is 5.26 Å². The lowest BCUT2D eigenvalue weighted by molar-refractivity contribution is -0.139. The highest BCUT2D eigenvalue weighted by Crippen LogP contribution is 2.14. The molecule has 0 amide bonds. The van der Waals surface area contributed by atoms with Crippen LogP contribution in [0.5, 0.6) is 0 Å². The van der Waals surface area contributed by atoms with E-state index in [1.165, 1.54) is 19.1 Å². The molecular formula is C10H10N2O2S. The van der Waals surface area contributed by atoms with Crippen LogP contribution >= 0.6 is 11.9 Å². The third-order valence-electron chi connectivity index (χ3n) is 1.62. The van der Waals surface area contributed by atoms with E-state index in [4.69, 9.17) is 5.26 Å². The molecular weight excluding hydrogens is 212 g/mol. The molecule has 78 valence electrons. The summed E-state index contributed by atoms with van der Waals surface area (Å²) in [6.45, 7) is 0.154.